The van der Waals surface area contributed by atoms with Crippen molar-refractivity contribution >= 4 is 11.7 Å². The number of likely N-dealkylation sites (tertiary alicyclic amines) is 1. The number of nitrogens with zero attached hydrogens (tertiary/aromatic N) is 4. The largest absolute Gasteiger partial charge is 0.331 e. The van der Waals surface area contributed by atoms with E-state index in [-0.39, 0.29) is 17.9 Å². The fourth-order valence-electron chi connectivity index (χ4n) is 4.48. The van der Waals surface area contributed by atoms with Crippen LogP contribution in [-0.2, 0) is 6.42 Å². The maximum absolute atomic E-state index is 13.9. The quantitative estimate of drug-likeness (QED) is 0.742. The van der Waals surface area contributed by atoms with Gasteiger partial charge >= 0.3 is 6.03 Å². The van der Waals surface area contributed by atoms with Gasteiger partial charge in [0.15, 0.2) is 5.65 Å². The highest BCUT2D eigenvalue weighted by atomic mass is 19.1. The number of fused-ring (bicyclic) bond motifs is 2. The zero-order valence-corrected chi connectivity index (χ0v) is 15.5. The highest BCUT2D eigenvalue weighted by Crippen LogP contribution is 2.33. The number of urea groups is 1. The molecule has 2 aliphatic rings. The molecule has 0 spiro atoms. The van der Waals surface area contributed by atoms with Crippen LogP contribution < -0.4 is 5.32 Å². The molecule has 1 N–H and O–H groups in total. The van der Waals surface area contributed by atoms with Gasteiger partial charge in [-0.15, -0.1) is 10.2 Å². The third kappa shape index (κ3) is 2.91. The van der Waals surface area contributed by atoms with E-state index in [0.29, 0.717) is 25.4 Å². The van der Waals surface area contributed by atoms with Crippen LogP contribution in [0, 0.1) is 5.82 Å². The van der Waals surface area contributed by atoms with Gasteiger partial charge in [-0.1, -0.05) is 18.2 Å². The van der Waals surface area contributed by atoms with Crippen molar-refractivity contribution in [3.05, 3.63) is 65.4 Å². The highest BCUT2D eigenvalue weighted by Gasteiger charge is 2.30. The number of amides is 2. The minimum absolute atomic E-state index is 0.0633. The molecule has 3 heterocycles. The number of benzene rings is 1. The van der Waals surface area contributed by atoms with Crippen molar-refractivity contribution in [2.24, 2.45) is 0 Å². The first-order chi connectivity index (χ1) is 13.7. The SMILES string of the molecule is O=C(NC1CCc2c(F)cccc21)N1CCC(c2nnc3ccccn23)CC1. The summed E-state index contributed by atoms with van der Waals surface area (Å²) in [6.45, 7) is 1.36. The fourth-order valence-corrected chi connectivity index (χ4v) is 4.48. The Labute approximate surface area is 162 Å². The van der Waals surface area contributed by atoms with Gasteiger partial charge in [-0.3, -0.25) is 4.40 Å². The summed E-state index contributed by atoms with van der Waals surface area (Å²) in [5.74, 6) is 1.09. The molecule has 1 fully saturated rings. The van der Waals surface area contributed by atoms with E-state index in [0.717, 1.165) is 41.9 Å². The molecule has 7 heteroatoms. The summed E-state index contributed by atoms with van der Waals surface area (Å²) in [7, 11) is 0. The normalized spacial score (nSPS) is 19.8. The Hall–Kier alpha value is -2.96. The van der Waals surface area contributed by atoms with Crippen LogP contribution in [0.25, 0.3) is 5.65 Å². The summed E-state index contributed by atoms with van der Waals surface area (Å²) in [4.78, 5) is 14.6. The zero-order valence-electron chi connectivity index (χ0n) is 15.5. The number of pyridine rings is 1. The third-order valence-corrected chi connectivity index (χ3v) is 6.00. The van der Waals surface area contributed by atoms with Crippen molar-refractivity contribution in [3.8, 4) is 0 Å². The van der Waals surface area contributed by atoms with Gasteiger partial charge in [-0.05, 0) is 55.0 Å². The summed E-state index contributed by atoms with van der Waals surface area (Å²) in [5, 5.41) is 11.7. The summed E-state index contributed by atoms with van der Waals surface area (Å²) in [5.41, 5.74) is 2.51. The molecule has 3 aromatic rings. The number of carbonyl (C=O) groups is 1. The van der Waals surface area contributed by atoms with Crippen LogP contribution in [0.1, 0.15) is 48.2 Å². The summed E-state index contributed by atoms with van der Waals surface area (Å²) in [6.07, 6.45) is 5.14. The minimum atomic E-state index is -0.171. The Morgan fingerprint density at radius 3 is 2.79 bits per heavy atom. The van der Waals surface area contributed by atoms with Crippen molar-refractivity contribution in [2.75, 3.05) is 13.1 Å². The van der Waals surface area contributed by atoms with E-state index >= 15 is 0 Å². The topological polar surface area (TPSA) is 62.5 Å². The second kappa shape index (κ2) is 6.89. The van der Waals surface area contributed by atoms with Crippen molar-refractivity contribution in [1.82, 2.24) is 24.8 Å². The van der Waals surface area contributed by atoms with Crippen molar-refractivity contribution in [2.45, 2.75) is 37.6 Å². The van der Waals surface area contributed by atoms with Crippen LogP contribution in [0.2, 0.25) is 0 Å². The van der Waals surface area contributed by atoms with Gasteiger partial charge in [0.25, 0.3) is 0 Å². The van der Waals surface area contributed by atoms with Gasteiger partial charge in [-0.2, -0.15) is 0 Å². The Balaban J connectivity index is 1.23. The van der Waals surface area contributed by atoms with E-state index in [1.165, 1.54) is 6.07 Å². The number of rotatable bonds is 2. The Kier molecular flexibility index (Phi) is 4.22. The van der Waals surface area contributed by atoms with Gasteiger partial charge < -0.3 is 10.2 Å². The molecule has 6 nitrogen and oxygen atoms in total. The molecular weight excluding hydrogens is 357 g/mol. The summed E-state index contributed by atoms with van der Waals surface area (Å²) < 4.78 is 15.9. The molecule has 1 aliphatic heterocycles. The molecular formula is C21H22FN5O. The first-order valence-corrected chi connectivity index (χ1v) is 9.83. The number of piperidine rings is 1. The molecule has 1 aliphatic carbocycles. The average Bonchev–Trinajstić information content (AvgIpc) is 3.33. The molecule has 28 heavy (non-hydrogen) atoms. The molecule has 144 valence electrons. The Morgan fingerprint density at radius 1 is 1.07 bits per heavy atom. The van der Waals surface area contributed by atoms with Crippen LogP contribution in [-0.4, -0.2) is 38.6 Å². The number of aromatic nitrogens is 3. The molecule has 2 amide bonds. The Bertz CT molecular complexity index is 1020. The summed E-state index contributed by atoms with van der Waals surface area (Å²) in [6, 6.07) is 10.8. The van der Waals surface area contributed by atoms with E-state index in [4.69, 9.17) is 0 Å². The number of halogens is 1. The van der Waals surface area contributed by atoms with Crippen LogP contribution in [0.5, 0.6) is 0 Å². The second-order valence-corrected chi connectivity index (χ2v) is 7.60. The zero-order chi connectivity index (χ0) is 19.1. The van der Waals surface area contributed by atoms with Crippen LogP contribution >= 0.6 is 0 Å². The molecule has 5 rings (SSSR count). The van der Waals surface area contributed by atoms with Gasteiger partial charge in [0.1, 0.15) is 11.6 Å². The lowest BCUT2D eigenvalue weighted by Crippen LogP contribution is -2.45. The Morgan fingerprint density at radius 2 is 1.93 bits per heavy atom. The maximum Gasteiger partial charge on any atom is 0.317 e. The van der Waals surface area contributed by atoms with Gasteiger partial charge in [-0.25, -0.2) is 9.18 Å². The predicted molar refractivity (Wildman–Crippen MR) is 103 cm³/mol. The molecule has 2 aromatic heterocycles. The monoisotopic (exact) mass is 379 g/mol. The first-order valence-electron chi connectivity index (χ1n) is 9.83. The molecule has 1 saturated heterocycles. The second-order valence-electron chi connectivity index (χ2n) is 7.60. The minimum Gasteiger partial charge on any atom is -0.331 e. The lowest BCUT2D eigenvalue weighted by atomic mass is 9.96. The molecule has 0 radical (unpaired) electrons. The van der Waals surface area contributed by atoms with Crippen molar-refractivity contribution in [3.63, 3.8) is 0 Å². The predicted octanol–water partition coefficient (Wildman–Crippen LogP) is 3.44. The number of hydrogen-bond acceptors (Lipinski definition) is 3. The fraction of sp³-hybridized carbons (Fsp3) is 0.381. The van der Waals surface area contributed by atoms with Crippen LogP contribution in [0.15, 0.2) is 42.6 Å². The lowest BCUT2D eigenvalue weighted by molar-refractivity contribution is 0.176. The third-order valence-electron chi connectivity index (χ3n) is 6.00. The van der Waals surface area contributed by atoms with E-state index < -0.39 is 0 Å². The van der Waals surface area contributed by atoms with Crippen molar-refractivity contribution in [1.29, 1.82) is 0 Å². The van der Waals surface area contributed by atoms with Gasteiger partial charge in [0.2, 0.25) is 0 Å². The summed E-state index contributed by atoms with van der Waals surface area (Å²) >= 11 is 0. The maximum atomic E-state index is 13.9. The molecule has 1 aromatic carbocycles. The molecule has 1 unspecified atom stereocenters. The smallest absolute Gasteiger partial charge is 0.317 e. The van der Waals surface area contributed by atoms with Gasteiger partial charge in [0, 0.05) is 25.2 Å². The highest BCUT2D eigenvalue weighted by molar-refractivity contribution is 5.75. The average molecular weight is 379 g/mol. The lowest BCUT2D eigenvalue weighted by Gasteiger charge is -2.32. The van der Waals surface area contributed by atoms with Crippen molar-refractivity contribution < 1.29 is 9.18 Å². The first kappa shape index (κ1) is 17.2. The molecule has 0 bridgehead atoms. The van der Waals surface area contributed by atoms with Crippen LogP contribution in [0.3, 0.4) is 0 Å². The van der Waals surface area contributed by atoms with E-state index in [2.05, 4.69) is 15.5 Å². The molecule has 1 atom stereocenters. The van der Waals surface area contributed by atoms with E-state index in [1.807, 2.05) is 39.8 Å². The van der Waals surface area contributed by atoms with E-state index in [1.54, 1.807) is 6.07 Å². The number of carbonyl (C=O) groups excluding carboxylic acids is 1. The van der Waals surface area contributed by atoms with Crippen LogP contribution in [0.4, 0.5) is 9.18 Å². The molecule has 0 saturated carbocycles. The standard InChI is InChI=1S/C21H22FN5O/c22-17-5-3-4-16-15(17)7-8-18(16)23-21(28)26-12-9-14(10-13-26)20-25-24-19-6-1-2-11-27(19)20/h1-6,11,14,18H,7-10,12-13H2,(H,23,28). The number of hydrogen-bond donors (Lipinski definition) is 1. The van der Waals surface area contributed by atoms with E-state index in [9.17, 15) is 9.18 Å². The number of nitrogens with one attached hydrogen (secondary N) is 1. The van der Waals surface area contributed by atoms with Gasteiger partial charge in [0.05, 0.1) is 6.04 Å².